The number of benzene rings is 2. The molecule has 2 aromatic rings. The maximum absolute atomic E-state index is 2.47. The highest BCUT2D eigenvalue weighted by atomic mass is 31.1. The highest BCUT2D eigenvalue weighted by molar-refractivity contribution is 7.68. The molecule has 0 nitrogen and oxygen atoms in total. The van der Waals surface area contributed by atoms with Gasteiger partial charge in [-0.3, -0.25) is 0 Å². The van der Waals surface area contributed by atoms with Gasteiger partial charge in [0.05, 0.1) is 0 Å². The van der Waals surface area contributed by atoms with E-state index in [4.69, 9.17) is 0 Å². The molecule has 0 fully saturated rings. The zero-order chi connectivity index (χ0) is 23.0. The number of rotatable bonds is 5. The van der Waals surface area contributed by atoms with E-state index < -0.39 is 0 Å². The first-order chi connectivity index (χ1) is 13.7. The monoisotopic (exact) mass is 424 g/mol. The minimum Gasteiger partial charge on any atom is -0.0636 e. The van der Waals surface area contributed by atoms with Crippen molar-refractivity contribution >= 4 is 13.2 Å². The second kappa shape index (κ2) is 9.16. The first-order valence-corrected chi connectivity index (χ1v) is 13.1. The van der Waals surface area contributed by atoms with Gasteiger partial charge in [-0.15, -0.1) is 0 Å². The Morgan fingerprint density at radius 1 is 0.633 bits per heavy atom. The van der Waals surface area contributed by atoms with Crippen LogP contribution in [0.2, 0.25) is 0 Å². The van der Waals surface area contributed by atoms with Crippen molar-refractivity contribution in [3.8, 4) is 11.1 Å². The summed E-state index contributed by atoms with van der Waals surface area (Å²) < 4.78 is 0. The Morgan fingerprint density at radius 3 is 1.60 bits per heavy atom. The summed E-state index contributed by atoms with van der Waals surface area (Å²) in [7, 11) is -0.375. The molecule has 166 valence electrons. The SMILES string of the molecule is CC(C)c1ccc(-c2c(C(C)C)cccc2P(C(C)(C)C)C(C)(C)C)c(C(C)C)c1. The molecule has 0 aliphatic rings. The van der Waals surface area contributed by atoms with Gasteiger partial charge in [-0.25, -0.2) is 0 Å². The van der Waals surface area contributed by atoms with E-state index in [1.54, 1.807) is 5.30 Å². The Hall–Kier alpha value is -1.13. The molecule has 0 bridgehead atoms. The van der Waals surface area contributed by atoms with Crippen molar-refractivity contribution in [2.45, 2.75) is 111 Å². The molecule has 0 spiro atoms. The third-order valence-electron chi connectivity index (χ3n) is 5.91. The Labute approximate surface area is 188 Å². The molecule has 0 aromatic heterocycles. The molecule has 0 N–H and O–H groups in total. The molecule has 0 aliphatic carbocycles. The largest absolute Gasteiger partial charge is 0.0636 e. The van der Waals surface area contributed by atoms with Crippen LogP contribution in [-0.2, 0) is 0 Å². The van der Waals surface area contributed by atoms with Crippen molar-refractivity contribution in [2.75, 3.05) is 0 Å². The summed E-state index contributed by atoms with van der Waals surface area (Å²) in [5.41, 5.74) is 7.40. The van der Waals surface area contributed by atoms with Gasteiger partial charge >= 0.3 is 0 Å². The first kappa shape index (κ1) is 25.1. The van der Waals surface area contributed by atoms with Crippen LogP contribution in [0, 0.1) is 0 Å². The van der Waals surface area contributed by atoms with E-state index in [2.05, 4.69) is 119 Å². The predicted octanol–water partition coefficient (Wildman–Crippen LogP) is 9.43. The lowest BCUT2D eigenvalue weighted by molar-refractivity contribution is 0.714. The van der Waals surface area contributed by atoms with Crippen molar-refractivity contribution < 1.29 is 0 Å². The van der Waals surface area contributed by atoms with Crippen molar-refractivity contribution in [3.63, 3.8) is 0 Å². The zero-order valence-electron chi connectivity index (χ0n) is 21.6. The summed E-state index contributed by atoms with van der Waals surface area (Å²) in [6.45, 7) is 28.6. The fourth-order valence-corrected chi connectivity index (χ4v) is 9.06. The third kappa shape index (κ3) is 5.37. The molecule has 0 saturated carbocycles. The Kier molecular flexibility index (Phi) is 7.67. The Bertz CT molecular complexity index is 843. The van der Waals surface area contributed by atoms with E-state index >= 15 is 0 Å². The summed E-state index contributed by atoms with van der Waals surface area (Å²) in [5.74, 6) is 1.56. The fraction of sp³-hybridized carbons (Fsp3) is 0.586. The van der Waals surface area contributed by atoms with Gasteiger partial charge in [0.1, 0.15) is 0 Å². The summed E-state index contributed by atoms with van der Waals surface area (Å²) in [6.07, 6.45) is 0. The van der Waals surface area contributed by atoms with Crippen LogP contribution in [0.5, 0.6) is 0 Å². The molecule has 0 unspecified atom stereocenters. The lowest BCUT2D eigenvalue weighted by atomic mass is 9.85. The first-order valence-electron chi connectivity index (χ1n) is 11.7. The van der Waals surface area contributed by atoms with Crippen LogP contribution < -0.4 is 5.30 Å². The summed E-state index contributed by atoms with van der Waals surface area (Å²) in [6, 6.07) is 14.4. The average molecular weight is 425 g/mol. The third-order valence-corrected chi connectivity index (χ3v) is 9.45. The lowest BCUT2D eigenvalue weighted by Crippen LogP contribution is -2.32. The number of hydrogen-bond acceptors (Lipinski definition) is 0. The quantitative estimate of drug-likeness (QED) is 0.419. The maximum atomic E-state index is 2.47. The van der Waals surface area contributed by atoms with Gasteiger partial charge < -0.3 is 0 Å². The highest BCUT2D eigenvalue weighted by Crippen LogP contribution is 2.60. The summed E-state index contributed by atoms with van der Waals surface area (Å²) >= 11 is 0. The molecular formula is C29H45P. The zero-order valence-corrected chi connectivity index (χ0v) is 22.5. The van der Waals surface area contributed by atoms with Gasteiger partial charge in [0.15, 0.2) is 0 Å². The van der Waals surface area contributed by atoms with Crippen LogP contribution in [-0.4, -0.2) is 10.3 Å². The van der Waals surface area contributed by atoms with Crippen LogP contribution in [0.3, 0.4) is 0 Å². The Morgan fingerprint density at radius 2 is 1.17 bits per heavy atom. The van der Waals surface area contributed by atoms with Crippen LogP contribution >= 0.6 is 7.92 Å². The molecule has 2 rings (SSSR count). The molecule has 0 heterocycles. The van der Waals surface area contributed by atoms with E-state index in [0.29, 0.717) is 17.8 Å². The minimum atomic E-state index is -0.375. The van der Waals surface area contributed by atoms with Crippen molar-refractivity contribution in [1.82, 2.24) is 0 Å². The highest BCUT2D eigenvalue weighted by Gasteiger charge is 2.38. The van der Waals surface area contributed by atoms with Crippen molar-refractivity contribution in [2.24, 2.45) is 0 Å². The minimum absolute atomic E-state index is 0.244. The molecule has 0 aliphatic heterocycles. The van der Waals surface area contributed by atoms with Crippen molar-refractivity contribution in [1.29, 1.82) is 0 Å². The van der Waals surface area contributed by atoms with E-state index in [0.717, 1.165) is 0 Å². The fourth-order valence-electron chi connectivity index (χ4n) is 4.89. The van der Waals surface area contributed by atoms with E-state index in [9.17, 15) is 0 Å². The van der Waals surface area contributed by atoms with Gasteiger partial charge in [0.25, 0.3) is 0 Å². The lowest BCUT2D eigenvalue weighted by Gasteiger charge is -2.43. The van der Waals surface area contributed by atoms with E-state index in [-0.39, 0.29) is 18.2 Å². The predicted molar refractivity (Wildman–Crippen MR) is 140 cm³/mol. The van der Waals surface area contributed by atoms with Crippen LogP contribution in [0.25, 0.3) is 11.1 Å². The van der Waals surface area contributed by atoms with Crippen LogP contribution in [0.15, 0.2) is 36.4 Å². The molecule has 0 amide bonds. The van der Waals surface area contributed by atoms with Gasteiger partial charge in [0, 0.05) is 0 Å². The number of hydrogen-bond donors (Lipinski definition) is 0. The van der Waals surface area contributed by atoms with Crippen LogP contribution in [0.1, 0.15) is 118 Å². The molecular weight excluding hydrogens is 379 g/mol. The topological polar surface area (TPSA) is 0 Å². The molecule has 1 heteroatoms. The van der Waals surface area contributed by atoms with Gasteiger partial charge in [-0.1, -0.05) is 127 Å². The van der Waals surface area contributed by atoms with Crippen LogP contribution in [0.4, 0.5) is 0 Å². The smallest absolute Gasteiger partial charge is 0.00690 e. The second-order valence-corrected chi connectivity index (χ2v) is 15.6. The Balaban J connectivity index is 2.96. The normalized spacial score (nSPS) is 13.2. The molecule has 0 saturated heterocycles. The van der Waals surface area contributed by atoms with Crippen molar-refractivity contribution in [3.05, 3.63) is 53.1 Å². The van der Waals surface area contributed by atoms with E-state index in [1.807, 2.05) is 0 Å². The molecule has 0 radical (unpaired) electrons. The second-order valence-electron chi connectivity index (χ2n) is 11.7. The molecule has 2 aromatic carbocycles. The molecule has 0 atom stereocenters. The van der Waals surface area contributed by atoms with Gasteiger partial charge in [-0.2, -0.15) is 0 Å². The van der Waals surface area contributed by atoms with Gasteiger partial charge in [0.2, 0.25) is 0 Å². The maximum Gasteiger partial charge on any atom is -0.00690 e. The van der Waals surface area contributed by atoms with E-state index in [1.165, 1.54) is 27.8 Å². The van der Waals surface area contributed by atoms with Gasteiger partial charge in [-0.05, 0) is 61.2 Å². The standard InChI is InChI=1S/C29H45P/c1-19(2)22-16-17-24(25(18-22)21(5)6)27-23(20(3)4)14-13-15-26(27)30(28(7,8)9)29(10,11)12/h13-21H,1-12H3. The summed E-state index contributed by atoms with van der Waals surface area (Å²) in [5, 5.41) is 2.07. The average Bonchev–Trinajstić information content (AvgIpc) is 2.58. The molecule has 30 heavy (non-hydrogen) atoms. The summed E-state index contributed by atoms with van der Waals surface area (Å²) in [4.78, 5) is 0.